The molecule has 96 valence electrons. The van der Waals surface area contributed by atoms with Gasteiger partial charge < -0.3 is 10.6 Å². The Morgan fingerprint density at radius 3 is 2.76 bits per heavy atom. The highest BCUT2D eigenvalue weighted by Gasteiger charge is 2.15. The largest absolute Gasteiger partial charge is 0.368 e. The van der Waals surface area contributed by atoms with Crippen molar-refractivity contribution in [1.82, 2.24) is 4.98 Å². The molecule has 0 saturated heterocycles. The number of pyridine rings is 1. The van der Waals surface area contributed by atoms with Gasteiger partial charge in [0.25, 0.3) is 0 Å². The first-order chi connectivity index (χ1) is 8.24. The summed E-state index contributed by atoms with van der Waals surface area (Å²) in [4.78, 5) is 6.62. The third-order valence-corrected chi connectivity index (χ3v) is 3.28. The van der Waals surface area contributed by atoms with Crippen molar-refractivity contribution < 1.29 is 0 Å². The molecule has 1 atom stereocenters. The Bertz CT molecular complexity index is 325. The van der Waals surface area contributed by atoms with Gasteiger partial charge in [0, 0.05) is 42.8 Å². The van der Waals surface area contributed by atoms with Gasteiger partial charge in [-0.15, -0.1) is 0 Å². The zero-order valence-electron chi connectivity index (χ0n) is 11.3. The van der Waals surface area contributed by atoms with E-state index in [1.54, 1.807) is 0 Å². The van der Waals surface area contributed by atoms with E-state index in [-0.39, 0.29) is 0 Å². The maximum Gasteiger partial charge on any atom is 0.0445 e. The standard InChI is InChI=1S/C14H25N3/c1-4-6-9-17(12(3)5-2)14-7-8-16-11-13(14)10-15/h7-8,11-12H,4-6,9-10,15H2,1-3H3. The van der Waals surface area contributed by atoms with Crippen molar-refractivity contribution in [2.24, 2.45) is 5.73 Å². The number of aromatic nitrogens is 1. The minimum absolute atomic E-state index is 0.550. The lowest BCUT2D eigenvalue weighted by Gasteiger charge is -2.32. The Labute approximate surface area is 105 Å². The highest BCUT2D eigenvalue weighted by Crippen LogP contribution is 2.23. The minimum Gasteiger partial charge on any atom is -0.368 e. The van der Waals surface area contributed by atoms with Gasteiger partial charge in [0.1, 0.15) is 0 Å². The smallest absolute Gasteiger partial charge is 0.0445 e. The molecule has 0 amide bonds. The fourth-order valence-corrected chi connectivity index (χ4v) is 1.98. The summed E-state index contributed by atoms with van der Waals surface area (Å²) in [5.74, 6) is 0. The topological polar surface area (TPSA) is 42.2 Å². The predicted octanol–water partition coefficient (Wildman–Crippen LogP) is 2.95. The maximum absolute atomic E-state index is 5.79. The summed E-state index contributed by atoms with van der Waals surface area (Å²) >= 11 is 0. The van der Waals surface area contributed by atoms with Gasteiger partial charge in [0.05, 0.1) is 0 Å². The summed E-state index contributed by atoms with van der Waals surface area (Å²) in [6, 6.07) is 2.64. The second-order valence-corrected chi connectivity index (χ2v) is 4.51. The molecule has 1 unspecified atom stereocenters. The molecule has 0 radical (unpaired) electrons. The fraction of sp³-hybridized carbons (Fsp3) is 0.643. The first kappa shape index (κ1) is 14.0. The summed E-state index contributed by atoms with van der Waals surface area (Å²) in [7, 11) is 0. The Morgan fingerprint density at radius 2 is 2.18 bits per heavy atom. The van der Waals surface area contributed by atoms with Crippen LogP contribution in [-0.2, 0) is 6.54 Å². The molecular weight excluding hydrogens is 210 g/mol. The van der Waals surface area contributed by atoms with E-state index >= 15 is 0 Å². The van der Waals surface area contributed by atoms with E-state index in [9.17, 15) is 0 Å². The van der Waals surface area contributed by atoms with Crippen LogP contribution in [0.3, 0.4) is 0 Å². The number of unbranched alkanes of at least 4 members (excludes halogenated alkanes) is 1. The van der Waals surface area contributed by atoms with Gasteiger partial charge in [-0.1, -0.05) is 20.3 Å². The molecule has 0 aliphatic heterocycles. The quantitative estimate of drug-likeness (QED) is 0.790. The van der Waals surface area contributed by atoms with Crippen LogP contribution in [0, 0.1) is 0 Å². The molecule has 0 aliphatic carbocycles. The van der Waals surface area contributed by atoms with Gasteiger partial charge in [-0.3, -0.25) is 4.98 Å². The van der Waals surface area contributed by atoms with Crippen LogP contribution >= 0.6 is 0 Å². The third-order valence-electron chi connectivity index (χ3n) is 3.28. The van der Waals surface area contributed by atoms with Crippen molar-refractivity contribution in [3.05, 3.63) is 24.0 Å². The molecule has 0 aromatic carbocycles. The van der Waals surface area contributed by atoms with Crippen molar-refractivity contribution in [2.45, 2.75) is 52.6 Å². The van der Waals surface area contributed by atoms with Crippen LogP contribution in [0.1, 0.15) is 45.6 Å². The van der Waals surface area contributed by atoms with E-state index in [0.717, 1.165) is 18.5 Å². The van der Waals surface area contributed by atoms with Gasteiger partial charge in [-0.25, -0.2) is 0 Å². The molecule has 1 rings (SSSR count). The molecule has 0 spiro atoms. The van der Waals surface area contributed by atoms with Crippen molar-refractivity contribution in [3.8, 4) is 0 Å². The lowest BCUT2D eigenvalue weighted by Crippen LogP contribution is -2.34. The monoisotopic (exact) mass is 235 g/mol. The summed E-state index contributed by atoms with van der Waals surface area (Å²) in [5, 5.41) is 0. The van der Waals surface area contributed by atoms with Crippen LogP contribution in [-0.4, -0.2) is 17.6 Å². The van der Waals surface area contributed by atoms with Crippen molar-refractivity contribution >= 4 is 5.69 Å². The van der Waals surface area contributed by atoms with E-state index in [0.29, 0.717) is 12.6 Å². The van der Waals surface area contributed by atoms with Gasteiger partial charge >= 0.3 is 0 Å². The SMILES string of the molecule is CCCCN(c1ccncc1CN)C(C)CC. The zero-order valence-corrected chi connectivity index (χ0v) is 11.3. The number of nitrogens with zero attached hydrogens (tertiary/aromatic N) is 2. The third kappa shape index (κ3) is 3.70. The van der Waals surface area contributed by atoms with Crippen LogP contribution in [0.15, 0.2) is 18.5 Å². The number of hydrogen-bond acceptors (Lipinski definition) is 3. The Balaban J connectivity index is 2.94. The first-order valence-corrected chi connectivity index (χ1v) is 6.64. The first-order valence-electron chi connectivity index (χ1n) is 6.64. The van der Waals surface area contributed by atoms with Crippen LogP contribution in [0.25, 0.3) is 0 Å². The Hall–Kier alpha value is -1.09. The molecule has 0 fully saturated rings. The van der Waals surface area contributed by atoms with Gasteiger partial charge in [-0.05, 0) is 25.8 Å². The lowest BCUT2D eigenvalue weighted by atomic mass is 10.1. The summed E-state index contributed by atoms with van der Waals surface area (Å²) in [6.07, 6.45) is 7.33. The van der Waals surface area contributed by atoms with Crippen LogP contribution in [0.4, 0.5) is 5.69 Å². The van der Waals surface area contributed by atoms with Gasteiger partial charge in [0.2, 0.25) is 0 Å². The van der Waals surface area contributed by atoms with Crippen LogP contribution in [0.5, 0.6) is 0 Å². The highest BCUT2D eigenvalue weighted by atomic mass is 15.2. The van der Waals surface area contributed by atoms with E-state index in [1.807, 2.05) is 12.4 Å². The molecule has 1 heterocycles. The van der Waals surface area contributed by atoms with Gasteiger partial charge in [-0.2, -0.15) is 0 Å². The second-order valence-electron chi connectivity index (χ2n) is 4.51. The number of anilines is 1. The average molecular weight is 235 g/mol. The van der Waals surface area contributed by atoms with E-state index in [1.165, 1.54) is 18.5 Å². The molecule has 0 saturated carbocycles. The Kier molecular flexibility index (Phi) is 5.98. The van der Waals surface area contributed by atoms with E-state index in [2.05, 4.69) is 36.7 Å². The normalized spacial score (nSPS) is 12.5. The molecule has 2 N–H and O–H groups in total. The molecule has 1 aromatic rings. The molecule has 0 aliphatic rings. The second kappa shape index (κ2) is 7.28. The number of nitrogens with two attached hydrogens (primary N) is 1. The lowest BCUT2D eigenvalue weighted by molar-refractivity contribution is 0.593. The predicted molar refractivity (Wildman–Crippen MR) is 74.1 cm³/mol. The van der Waals surface area contributed by atoms with Crippen molar-refractivity contribution in [1.29, 1.82) is 0 Å². The van der Waals surface area contributed by atoms with Crippen molar-refractivity contribution in [3.63, 3.8) is 0 Å². The molecule has 17 heavy (non-hydrogen) atoms. The molecule has 1 aromatic heterocycles. The molecule has 3 heteroatoms. The summed E-state index contributed by atoms with van der Waals surface area (Å²) in [6.45, 7) is 8.39. The summed E-state index contributed by atoms with van der Waals surface area (Å²) in [5.41, 5.74) is 8.19. The average Bonchev–Trinajstić information content (AvgIpc) is 2.39. The maximum atomic E-state index is 5.79. The fourth-order valence-electron chi connectivity index (χ4n) is 1.98. The van der Waals surface area contributed by atoms with Crippen LogP contribution < -0.4 is 10.6 Å². The van der Waals surface area contributed by atoms with E-state index in [4.69, 9.17) is 5.73 Å². The Morgan fingerprint density at radius 1 is 1.41 bits per heavy atom. The summed E-state index contributed by atoms with van der Waals surface area (Å²) < 4.78 is 0. The minimum atomic E-state index is 0.550. The van der Waals surface area contributed by atoms with Crippen molar-refractivity contribution in [2.75, 3.05) is 11.4 Å². The van der Waals surface area contributed by atoms with Gasteiger partial charge in [0.15, 0.2) is 0 Å². The molecular formula is C14H25N3. The number of rotatable bonds is 7. The molecule has 3 nitrogen and oxygen atoms in total. The van der Waals surface area contributed by atoms with E-state index < -0.39 is 0 Å². The van der Waals surface area contributed by atoms with Crippen LogP contribution in [0.2, 0.25) is 0 Å². The molecule has 0 bridgehead atoms. The highest BCUT2D eigenvalue weighted by molar-refractivity contribution is 5.52. The zero-order chi connectivity index (χ0) is 12.7. The number of hydrogen-bond donors (Lipinski definition) is 1.